The van der Waals surface area contributed by atoms with Crippen molar-refractivity contribution < 1.29 is 14.6 Å². The number of carbonyl (C=O) groups is 1. The lowest BCUT2D eigenvalue weighted by molar-refractivity contribution is 0.229. The van der Waals surface area contributed by atoms with Crippen LogP contribution in [0.5, 0.6) is 5.75 Å². The summed E-state index contributed by atoms with van der Waals surface area (Å²) in [4.78, 5) is 11.6. The summed E-state index contributed by atoms with van der Waals surface area (Å²) in [6, 6.07) is 6.61. The Labute approximate surface area is 107 Å². The maximum absolute atomic E-state index is 11.6. The van der Waals surface area contributed by atoms with E-state index < -0.39 is 0 Å². The fraction of sp³-hybridized carbons (Fsp3) is 0.462. The van der Waals surface area contributed by atoms with E-state index >= 15 is 0 Å². The third-order valence-corrected chi connectivity index (χ3v) is 2.25. The van der Waals surface area contributed by atoms with Crippen LogP contribution in [0.25, 0.3) is 0 Å². The molecule has 5 nitrogen and oxygen atoms in total. The van der Waals surface area contributed by atoms with Crippen LogP contribution in [0.15, 0.2) is 24.3 Å². The largest absolute Gasteiger partial charge is 0.491 e. The van der Waals surface area contributed by atoms with E-state index in [1.807, 2.05) is 19.1 Å². The standard InChI is InChI=1S/C13H20N2O3/c1-3-8-18-12-7-5-4-6-11(12)15-13(17)14-10(2)9-16/h4-7,10,16H,3,8-9H2,1-2H3,(H2,14,15,17)/t10-/m1/s1. The Balaban J connectivity index is 2.62. The second-order valence-corrected chi connectivity index (χ2v) is 4.03. The summed E-state index contributed by atoms with van der Waals surface area (Å²) in [5.74, 6) is 0.645. The summed E-state index contributed by atoms with van der Waals surface area (Å²) in [6.07, 6.45) is 0.905. The van der Waals surface area contributed by atoms with Crippen LogP contribution in [-0.2, 0) is 0 Å². The van der Waals surface area contributed by atoms with Gasteiger partial charge in [-0.05, 0) is 25.5 Å². The zero-order valence-electron chi connectivity index (χ0n) is 10.8. The Morgan fingerprint density at radius 3 is 2.83 bits per heavy atom. The number of ether oxygens (including phenoxy) is 1. The van der Waals surface area contributed by atoms with Crippen molar-refractivity contribution in [1.82, 2.24) is 5.32 Å². The molecule has 100 valence electrons. The van der Waals surface area contributed by atoms with Crippen LogP contribution in [0.4, 0.5) is 10.5 Å². The van der Waals surface area contributed by atoms with E-state index in [2.05, 4.69) is 10.6 Å². The normalized spacial score (nSPS) is 11.7. The molecule has 0 unspecified atom stereocenters. The van der Waals surface area contributed by atoms with Crippen LogP contribution in [0.3, 0.4) is 0 Å². The molecule has 0 spiro atoms. The Kier molecular flexibility index (Phi) is 6.00. The van der Waals surface area contributed by atoms with E-state index in [4.69, 9.17) is 9.84 Å². The first kappa shape index (κ1) is 14.3. The molecular formula is C13H20N2O3. The Morgan fingerprint density at radius 1 is 1.44 bits per heavy atom. The molecule has 1 aromatic carbocycles. The maximum Gasteiger partial charge on any atom is 0.319 e. The molecule has 0 bridgehead atoms. The Morgan fingerprint density at radius 2 is 2.17 bits per heavy atom. The first-order chi connectivity index (χ1) is 8.67. The van der Waals surface area contributed by atoms with Crippen molar-refractivity contribution in [2.75, 3.05) is 18.5 Å². The van der Waals surface area contributed by atoms with Gasteiger partial charge < -0.3 is 20.5 Å². The summed E-state index contributed by atoms with van der Waals surface area (Å²) in [7, 11) is 0. The number of anilines is 1. The summed E-state index contributed by atoms with van der Waals surface area (Å²) in [5.41, 5.74) is 0.619. The van der Waals surface area contributed by atoms with Gasteiger partial charge in [0.05, 0.1) is 24.9 Å². The van der Waals surface area contributed by atoms with Crippen LogP contribution >= 0.6 is 0 Å². The zero-order chi connectivity index (χ0) is 13.4. The molecule has 0 fully saturated rings. The number of nitrogens with one attached hydrogen (secondary N) is 2. The number of benzene rings is 1. The van der Waals surface area contributed by atoms with Crippen molar-refractivity contribution in [2.45, 2.75) is 26.3 Å². The molecule has 2 amide bonds. The van der Waals surface area contributed by atoms with Gasteiger partial charge in [-0.25, -0.2) is 4.79 Å². The number of hydrogen-bond donors (Lipinski definition) is 3. The lowest BCUT2D eigenvalue weighted by atomic mass is 10.3. The van der Waals surface area contributed by atoms with Gasteiger partial charge in [0, 0.05) is 0 Å². The topological polar surface area (TPSA) is 70.6 Å². The van der Waals surface area contributed by atoms with Crippen LogP contribution in [0.1, 0.15) is 20.3 Å². The number of rotatable bonds is 6. The monoisotopic (exact) mass is 252 g/mol. The molecule has 0 aliphatic rings. The van der Waals surface area contributed by atoms with E-state index in [-0.39, 0.29) is 18.7 Å². The van der Waals surface area contributed by atoms with Crippen LogP contribution in [0, 0.1) is 0 Å². The zero-order valence-corrected chi connectivity index (χ0v) is 10.8. The second-order valence-electron chi connectivity index (χ2n) is 4.03. The highest BCUT2D eigenvalue weighted by molar-refractivity contribution is 5.91. The maximum atomic E-state index is 11.6. The van der Waals surface area contributed by atoms with E-state index in [1.165, 1.54) is 0 Å². The number of urea groups is 1. The number of carbonyl (C=O) groups excluding carboxylic acids is 1. The first-order valence-corrected chi connectivity index (χ1v) is 6.07. The third-order valence-electron chi connectivity index (χ3n) is 2.25. The van der Waals surface area contributed by atoms with Crippen LogP contribution < -0.4 is 15.4 Å². The molecule has 0 radical (unpaired) electrons. The minimum absolute atomic E-state index is 0.0958. The predicted octanol–water partition coefficient (Wildman–Crippen LogP) is 1.98. The average molecular weight is 252 g/mol. The van der Waals surface area contributed by atoms with E-state index in [9.17, 15) is 4.79 Å². The van der Waals surface area contributed by atoms with Crippen molar-refractivity contribution in [1.29, 1.82) is 0 Å². The summed E-state index contributed by atoms with van der Waals surface area (Å²) in [5, 5.41) is 14.2. The molecule has 0 aliphatic carbocycles. The summed E-state index contributed by atoms with van der Waals surface area (Å²) in [6.45, 7) is 4.25. The number of hydrogen-bond acceptors (Lipinski definition) is 3. The fourth-order valence-corrected chi connectivity index (χ4v) is 1.34. The molecule has 0 saturated heterocycles. The van der Waals surface area contributed by atoms with E-state index in [0.29, 0.717) is 18.0 Å². The summed E-state index contributed by atoms with van der Waals surface area (Å²) >= 11 is 0. The third kappa shape index (κ3) is 4.63. The molecule has 18 heavy (non-hydrogen) atoms. The minimum atomic E-state index is -0.357. The molecule has 0 saturated carbocycles. The van der Waals surface area contributed by atoms with Crippen LogP contribution in [0.2, 0.25) is 0 Å². The van der Waals surface area contributed by atoms with Crippen molar-refractivity contribution in [3.63, 3.8) is 0 Å². The van der Waals surface area contributed by atoms with Gasteiger partial charge in [-0.15, -0.1) is 0 Å². The number of amides is 2. The van der Waals surface area contributed by atoms with Crippen molar-refractivity contribution in [3.8, 4) is 5.75 Å². The van der Waals surface area contributed by atoms with Gasteiger partial charge >= 0.3 is 6.03 Å². The number of para-hydroxylation sites is 2. The van der Waals surface area contributed by atoms with Gasteiger partial charge in [-0.2, -0.15) is 0 Å². The van der Waals surface area contributed by atoms with Gasteiger partial charge in [0.2, 0.25) is 0 Å². The lowest BCUT2D eigenvalue weighted by Crippen LogP contribution is -2.38. The minimum Gasteiger partial charge on any atom is -0.491 e. The molecule has 0 heterocycles. The average Bonchev–Trinajstić information content (AvgIpc) is 2.37. The van der Waals surface area contributed by atoms with Crippen molar-refractivity contribution >= 4 is 11.7 Å². The van der Waals surface area contributed by atoms with Gasteiger partial charge in [-0.3, -0.25) is 0 Å². The number of aliphatic hydroxyl groups is 1. The Hall–Kier alpha value is -1.75. The van der Waals surface area contributed by atoms with Crippen molar-refractivity contribution in [2.24, 2.45) is 0 Å². The molecule has 1 atom stereocenters. The highest BCUT2D eigenvalue weighted by atomic mass is 16.5. The number of aliphatic hydroxyl groups excluding tert-OH is 1. The van der Waals surface area contributed by atoms with Crippen molar-refractivity contribution in [3.05, 3.63) is 24.3 Å². The molecule has 0 aliphatic heterocycles. The van der Waals surface area contributed by atoms with Gasteiger partial charge in [-0.1, -0.05) is 19.1 Å². The highest BCUT2D eigenvalue weighted by Crippen LogP contribution is 2.23. The molecule has 1 aromatic rings. The van der Waals surface area contributed by atoms with E-state index in [0.717, 1.165) is 6.42 Å². The van der Waals surface area contributed by atoms with Gasteiger partial charge in [0.1, 0.15) is 5.75 Å². The molecule has 1 rings (SSSR count). The molecule has 5 heteroatoms. The SMILES string of the molecule is CCCOc1ccccc1NC(=O)N[C@H](C)CO. The lowest BCUT2D eigenvalue weighted by Gasteiger charge is -2.14. The van der Waals surface area contributed by atoms with Gasteiger partial charge in [0.15, 0.2) is 0 Å². The predicted molar refractivity (Wildman–Crippen MR) is 70.9 cm³/mol. The molecular weight excluding hydrogens is 232 g/mol. The highest BCUT2D eigenvalue weighted by Gasteiger charge is 2.09. The smallest absolute Gasteiger partial charge is 0.319 e. The fourth-order valence-electron chi connectivity index (χ4n) is 1.34. The molecule has 3 N–H and O–H groups in total. The quantitative estimate of drug-likeness (QED) is 0.725. The van der Waals surface area contributed by atoms with Gasteiger partial charge in [0.25, 0.3) is 0 Å². The van der Waals surface area contributed by atoms with Crippen LogP contribution in [-0.4, -0.2) is 30.4 Å². The first-order valence-electron chi connectivity index (χ1n) is 6.07. The second kappa shape index (κ2) is 7.55. The Bertz CT molecular complexity index is 382. The van der Waals surface area contributed by atoms with E-state index in [1.54, 1.807) is 19.1 Å². The molecule has 0 aromatic heterocycles. The summed E-state index contributed by atoms with van der Waals surface area (Å²) < 4.78 is 5.53.